The zero-order valence-corrected chi connectivity index (χ0v) is 5.48. The van der Waals surface area contributed by atoms with Gasteiger partial charge in [-0.2, -0.15) is 9.49 Å². The lowest BCUT2D eigenvalue weighted by molar-refractivity contribution is 0.496. The van der Waals surface area contributed by atoms with Crippen molar-refractivity contribution in [3.05, 3.63) is 17.7 Å². The van der Waals surface area contributed by atoms with Crippen molar-refractivity contribution in [2.45, 2.75) is 13.3 Å². The summed E-state index contributed by atoms with van der Waals surface area (Å²) in [5.41, 5.74) is 0.553. The van der Waals surface area contributed by atoms with Crippen LogP contribution in [-0.4, -0.2) is 9.78 Å². The third kappa shape index (κ3) is 0.943. The number of aryl methyl sites for hydroxylation is 2. The molecular formula is C6H8FN2. The van der Waals surface area contributed by atoms with Crippen LogP contribution in [0.1, 0.15) is 12.5 Å². The maximum absolute atomic E-state index is 12.6. The van der Waals surface area contributed by atoms with Gasteiger partial charge in [0.1, 0.15) is 6.20 Å². The van der Waals surface area contributed by atoms with Gasteiger partial charge in [-0.1, -0.05) is 6.92 Å². The standard InChI is InChI=1S/C6H8FN2/c1-3-5-4-8-9(2)6(5)7/h3H2,1-2H3. The van der Waals surface area contributed by atoms with E-state index in [0.717, 1.165) is 0 Å². The highest BCUT2D eigenvalue weighted by molar-refractivity contribution is 5.03. The summed E-state index contributed by atoms with van der Waals surface area (Å²) in [6.45, 7) is 1.87. The highest BCUT2D eigenvalue weighted by atomic mass is 19.1. The molecule has 0 atom stereocenters. The summed E-state index contributed by atoms with van der Waals surface area (Å²) in [7, 11) is 1.56. The van der Waals surface area contributed by atoms with Crippen LogP contribution in [0.4, 0.5) is 4.39 Å². The third-order valence-electron chi connectivity index (χ3n) is 1.22. The minimum absolute atomic E-state index is 0.280. The Bertz CT molecular complexity index is 205. The monoisotopic (exact) mass is 127 g/mol. The average molecular weight is 127 g/mol. The Balaban J connectivity index is 3.04. The number of aromatic nitrogens is 2. The molecule has 0 bridgehead atoms. The van der Waals surface area contributed by atoms with Crippen molar-refractivity contribution in [3.8, 4) is 0 Å². The van der Waals surface area contributed by atoms with E-state index in [4.69, 9.17) is 0 Å². The first-order chi connectivity index (χ1) is 4.25. The highest BCUT2D eigenvalue weighted by Gasteiger charge is 2.03. The minimum atomic E-state index is -0.280. The van der Waals surface area contributed by atoms with Gasteiger partial charge in [-0.15, -0.1) is 0 Å². The summed E-state index contributed by atoms with van der Waals surface area (Å²) in [5.74, 6) is -0.280. The number of rotatable bonds is 1. The lowest BCUT2D eigenvalue weighted by Crippen LogP contribution is -1.94. The van der Waals surface area contributed by atoms with E-state index in [2.05, 4.69) is 11.3 Å². The topological polar surface area (TPSA) is 17.8 Å². The molecule has 0 fully saturated rings. The molecule has 49 valence electrons. The fraction of sp³-hybridized carbons (Fsp3) is 0.500. The first-order valence-electron chi connectivity index (χ1n) is 2.84. The fourth-order valence-corrected chi connectivity index (χ4v) is 0.646. The van der Waals surface area contributed by atoms with Crippen LogP contribution in [-0.2, 0) is 13.5 Å². The Morgan fingerprint density at radius 1 is 1.78 bits per heavy atom. The first-order valence-corrected chi connectivity index (χ1v) is 2.84. The van der Waals surface area contributed by atoms with Crippen LogP contribution in [0.15, 0.2) is 0 Å². The van der Waals surface area contributed by atoms with Gasteiger partial charge in [-0.05, 0) is 6.42 Å². The molecule has 1 heterocycles. The van der Waals surface area contributed by atoms with Crippen LogP contribution in [0.25, 0.3) is 0 Å². The Kier molecular flexibility index (Phi) is 1.51. The molecule has 0 aromatic carbocycles. The molecule has 1 aromatic rings. The van der Waals surface area contributed by atoms with E-state index in [-0.39, 0.29) is 5.95 Å². The van der Waals surface area contributed by atoms with Crippen molar-refractivity contribution >= 4 is 0 Å². The summed E-state index contributed by atoms with van der Waals surface area (Å²) in [6, 6.07) is 0. The molecule has 2 nitrogen and oxygen atoms in total. The maximum Gasteiger partial charge on any atom is 0.215 e. The Morgan fingerprint density at radius 2 is 2.44 bits per heavy atom. The summed E-state index contributed by atoms with van der Waals surface area (Å²) in [6.07, 6.45) is 3.21. The summed E-state index contributed by atoms with van der Waals surface area (Å²) in [4.78, 5) is 0. The molecule has 1 radical (unpaired) electrons. The molecule has 1 rings (SSSR count). The van der Waals surface area contributed by atoms with Crippen molar-refractivity contribution < 1.29 is 4.39 Å². The van der Waals surface area contributed by atoms with E-state index in [9.17, 15) is 4.39 Å². The second-order valence-electron chi connectivity index (χ2n) is 1.86. The van der Waals surface area contributed by atoms with Gasteiger partial charge in [0, 0.05) is 12.6 Å². The number of hydrogen-bond acceptors (Lipinski definition) is 1. The molecule has 1 aromatic heterocycles. The van der Waals surface area contributed by atoms with Crippen LogP contribution in [0.5, 0.6) is 0 Å². The van der Waals surface area contributed by atoms with Crippen molar-refractivity contribution in [1.29, 1.82) is 0 Å². The quantitative estimate of drug-likeness (QED) is 0.548. The van der Waals surface area contributed by atoms with Gasteiger partial charge in [-0.25, -0.2) is 4.68 Å². The highest BCUT2D eigenvalue weighted by Crippen LogP contribution is 2.03. The summed E-state index contributed by atoms with van der Waals surface area (Å²) < 4.78 is 13.8. The van der Waals surface area contributed by atoms with Gasteiger partial charge < -0.3 is 0 Å². The van der Waals surface area contributed by atoms with Crippen LogP contribution in [0.3, 0.4) is 0 Å². The maximum atomic E-state index is 12.6. The van der Waals surface area contributed by atoms with Crippen molar-refractivity contribution in [2.24, 2.45) is 7.05 Å². The molecule has 0 N–H and O–H groups in total. The lowest BCUT2D eigenvalue weighted by atomic mass is 10.3. The van der Waals surface area contributed by atoms with Gasteiger partial charge in [0.05, 0.1) is 0 Å². The largest absolute Gasteiger partial charge is 0.242 e. The normalized spacial score (nSPS) is 10.1. The minimum Gasteiger partial charge on any atom is -0.242 e. The molecule has 3 heteroatoms. The summed E-state index contributed by atoms with van der Waals surface area (Å²) in [5, 5.41) is 3.60. The molecule has 0 aliphatic carbocycles. The molecule has 0 amide bonds. The number of hydrogen-bond donors (Lipinski definition) is 0. The average Bonchev–Trinajstić information content (AvgIpc) is 2.15. The van der Waals surface area contributed by atoms with E-state index >= 15 is 0 Å². The van der Waals surface area contributed by atoms with E-state index in [0.29, 0.717) is 12.0 Å². The van der Waals surface area contributed by atoms with Crippen molar-refractivity contribution in [2.75, 3.05) is 0 Å². The van der Waals surface area contributed by atoms with Gasteiger partial charge in [0.15, 0.2) is 0 Å². The van der Waals surface area contributed by atoms with Crippen LogP contribution in [0.2, 0.25) is 0 Å². The van der Waals surface area contributed by atoms with Crippen molar-refractivity contribution in [3.63, 3.8) is 0 Å². The fourth-order valence-electron chi connectivity index (χ4n) is 0.646. The van der Waals surface area contributed by atoms with Crippen LogP contribution in [0, 0.1) is 12.1 Å². The van der Waals surface area contributed by atoms with E-state index in [1.165, 1.54) is 4.68 Å². The molecule has 0 saturated carbocycles. The summed E-state index contributed by atoms with van der Waals surface area (Å²) >= 11 is 0. The van der Waals surface area contributed by atoms with E-state index in [1.54, 1.807) is 7.05 Å². The number of nitrogens with zero attached hydrogens (tertiary/aromatic N) is 2. The molecule has 0 unspecified atom stereocenters. The molecular weight excluding hydrogens is 119 g/mol. The molecule has 0 spiro atoms. The Labute approximate surface area is 53.3 Å². The zero-order valence-electron chi connectivity index (χ0n) is 5.48. The number of halogens is 1. The van der Waals surface area contributed by atoms with E-state index < -0.39 is 0 Å². The van der Waals surface area contributed by atoms with Crippen molar-refractivity contribution in [1.82, 2.24) is 9.78 Å². The SMILES string of the molecule is CCc1[c]nn(C)c1F. The van der Waals surface area contributed by atoms with Gasteiger partial charge in [-0.3, -0.25) is 0 Å². The zero-order chi connectivity index (χ0) is 6.85. The second kappa shape index (κ2) is 2.17. The molecule has 0 saturated heterocycles. The van der Waals surface area contributed by atoms with Crippen LogP contribution >= 0.6 is 0 Å². The third-order valence-corrected chi connectivity index (χ3v) is 1.22. The lowest BCUT2D eigenvalue weighted by Gasteiger charge is -1.88. The van der Waals surface area contributed by atoms with Gasteiger partial charge in [0.2, 0.25) is 5.95 Å². The van der Waals surface area contributed by atoms with Crippen LogP contribution < -0.4 is 0 Å². The molecule has 0 aliphatic rings. The second-order valence-corrected chi connectivity index (χ2v) is 1.86. The Morgan fingerprint density at radius 3 is 2.67 bits per heavy atom. The predicted octanol–water partition coefficient (Wildman–Crippen LogP) is 0.922. The molecule has 9 heavy (non-hydrogen) atoms. The van der Waals surface area contributed by atoms with Gasteiger partial charge in [0.25, 0.3) is 0 Å². The predicted molar refractivity (Wildman–Crippen MR) is 31.4 cm³/mol. The smallest absolute Gasteiger partial charge is 0.215 e. The Hall–Kier alpha value is -0.860. The van der Waals surface area contributed by atoms with Gasteiger partial charge >= 0.3 is 0 Å². The first kappa shape index (κ1) is 6.26. The van der Waals surface area contributed by atoms with E-state index in [1.807, 2.05) is 6.92 Å². The molecule has 0 aliphatic heterocycles.